The van der Waals surface area contributed by atoms with Gasteiger partial charge in [-0.25, -0.2) is 14.2 Å². The lowest BCUT2D eigenvalue weighted by atomic mass is 10.1. The summed E-state index contributed by atoms with van der Waals surface area (Å²) in [5, 5.41) is 0. The number of ether oxygens (including phenoxy) is 2. The maximum absolute atomic E-state index is 12.6. The van der Waals surface area contributed by atoms with Gasteiger partial charge in [-0.3, -0.25) is 0 Å². The van der Waals surface area contributed by atoms with Gasteiger partial charge >= 0.3 is 11.9 Å². The molecule has 0 fully saturated rings. The predicted molar refractivity (Wildman–Crippen MR) is 170 cm³/mol. The number of rotatable bonds is 28. The average molecular weight is 575 g/mol. The first-order chi connectivity index (χ1) is 20.1. The highest BCUT2D eigenvalue weighted by Crippen LogP contribution is 2.14. The molecule has 0 unspecified atom stereocenters. The second-order valence-electron chi connectivity index (χ2n) is 12.0. The topological polar surface area (TPSA) is 56.5 Å². The molecule has 41 heavy (non-hydrogen) atoms. The number of carbonyl (C=O) groups excluding carboxylic acids is 2. The number of pyridine rings is 1. The Balaban J connectivity index is 2.11. The van der Waals surface area contributed by atoms with Gasteiger partial charge in [0.25, 0.3) is 0 Å². The quantitative estimate of drug-likeness (QED) is 0.0567. The molecule has 0 saturated heterocycles. The number of unbranched alkanes of at least 4 members (excludes halogenated alkanes) is 22. The lowest BCUT2D eigenvalue weighted by molar-refractivity contribution is -0.671. The van der Waals surface area contributed by atoms with Crippen molar-refractivity contribution in [3.63, 3.8) is 0 Å². The van der Waals surface area contributed by atoms with Gasteiger partial charge in [-0.2, -0.15) is 0 Å². The highest BCUT2D eigenvalue weighted by Gasteiger charge is 2.18. The van der Waals surface area contributed by atoms with Crippen LogP contribution in [0.1, 0.15) is 189 Å². The Morgan fingerprint density at radius 2 is 0.756 bits per heavy atom. The summed E-state index contributed by atoms with van der Waals surface area (Å²) < 4.78 is 12.7. The summed E-state index contributed by atoms with van der Waals surface area (Å²) in [5.74, 6) is -0.751. The van der Waals surface area contributed by atoms with Crippen LogP contribution in [-0.4, -0.2) is 25.2 Å². The summed E-state index contributed by atoms with van der Waals surface area (Å²) in [5.41, 5.74) is 0.789. The lowest BCUT2D eigenvalue weighted by Crippen LogP contribution is -2.31. The molecule has 1 heterocycles. The van der Waals surface area contributed by atoms with E-state index in [0.717, 1.165) is 25.7 Å². The van der Waals surface area contributed by atoms with Gasteiger partial charge in [0.05, 0.1) is 13.2 Å². The molecule has 0 atom stereocenters. The Bertz CT molecular complexity index is 719. The average Bonchev–Trinajstić information content (AvgIpc) is 2.97. The molecule has 0 saturated carbocycles. The fourth-order valence-corrected chi connectivity index (χ4v) is 5.32. The minimum atomic E-state index is -0.376. The van der Waals surface area contributed by atoms with E-state index in [0.29, 0.717) is 24.3 Å². The predicted octanol–water partition coefficient (Wildman–Crippen LogP) is 10.2. The second kappa shape index (κ2) is 27.0. The number of aromatic nitrogens is 1. The normalized spacial score (nSPS) is 11.1. The molecule has 1 aromatic heterocycles. The Hall–Kier alpha value is -1.91. The Morgan fingerprint density at radius 1 is 0.488 bits per heavy atom. The van der Waals surface area contributed by atoms with E-state index in [4.69, 9.17) is 9.47 Å². The van der Waals surface area contributed by atoms with Crippen molar-refractivity contribution < 1.29 is 23.6 Å². The van der Waals surface area contributed by atoms with Gasteiger partial charge in [-0.15, -0.1) is 0 Å². The van der Waals surface area contributed by atoms with Crippen molar-refractivity contribution in [2.75, 3.05) is 13.2 Å². The molecular formula is C36H64NO4+. The first kappa shape index (κ1) is 37.1. The van der Waals surface area contributed by atoms with Crippen LogP contribution in [0.15, 0.2) is 18.5 Å². The molecule has 236 valence electrons. The van der Waals surface area contributed by atoms with Gasteiger partial charge in [0.2, 0.25) is 0 Å². The van der Waals surface area contributed by atoms with Crippen molar-refractivity contribution >= 4 is 11.9 Å². The van der Waals surface area contributed by atoms with Crippen LogP contribution in [0, 0.1) is 0 Å². The van der Waals surface area contributed by atoms with Gasteiger partial charge in [-0.1, -0.05) is 155 Å². The highest BCUT2D eigenvalue weighted by atomic mass is 16.5. The van der Waals surface area contributed by atoms with Crippen molar-refractivity contribution in [2.45, 2.75) is 168 Å². The summed E-state index contributed by atoms with van der Waals surface area (Å²) in [6, 6.07) is 1.59. The van der Waals surface area contributed by atoms with E-state index in [9.17, 15) is 9.59 Å². The zero-order chi connectivity index (χ0) is 29.8. The fourth-order valence-electron chi connectivity index (χ4n) is 5.32. The largest absolute Gasteiger partial charge is 0.462 e. The van der Waals surface area contributed by atoms with Crippen LogP contribution in [0.25, 0.3) is 0 Å². The highest BCUT2D eigenvalue weighted by molar-refractivity contribution is 5.94. The Morgan fingerprint density at radius 3 is 1.05 bits per heavy atom. The minimum absolute atomic E-state index is 0.376. The van der Waals surface area contributed by atoms with Crippen LogP contribution in [0.5, 0.6) is 0 Å². The van der Waals surface area contributed by atoms with Gasteiger partial charge in [0, 0.05) is 0 Å². The molecule has 0 aliphatic rings. The number of hydrogen-bond donors (Lipinski definition) is 0. The van der Waals surface area contributed by atoms with Crippen LogP contribution in [-0.2, 0) is 16.5 Å². The van der Waals surface area contributed by atoms with E-state index < -0.39 is 0 Å². The van der Waals surface area contributed by atoms with Crippen LogP contribution in [0.2, 0.25) is 0 Å². The SMILES string of the molecule is CCCCCCCCCCCCCCOC(=O)c1cc(C(=O)OCCCCCCCCCCCCCC)c[n+](C)c1. The summed E-state index contributed by atoms with van der Waals surface area (Å²) in [6.45, 7) is 5.37. The van der Waals surface area contributed by atoms with E-state index in [1.807, 2.05) is 7.05 Å². The van der Waals surface area contributed by atoms with Crippen molar-refractivity contribution in [1.29, 1.82) is 0 Å². The second-order valence-corrected chi connectivity index (χ2v) is 12.0. The fraction of sp³-hybridized carbons (Fsp3) is 0.806. The van der Waals surface area contributed by atoms with Gasteiger partial charge in [0.15, 0.2) is 12.4 Å². The molecule has 0 spiro atoms. The summed E-state index contributed by atoms with van der Waals surface area (Å²) in [7, 11) is 1.81. The van der Waals surface area contributed by atoms with Gasteiger partial charge in [-0.05, 0) is 18.9 Å². The molecule has 0 amide bonds. The van der Waals surface area contributed by atoms with E-state index in [1.165, 1.54) is 128 Å². The lowest BCUT2D eigenvalue weighted by Gasteiger charge is -2.07. The molecule has 0 radical (unpaired) electrons. The number of hydrogen-bond acceptors (Lipinski definition) is 4. The summed E-state index contributed by atoms with van der Waals surface area (Å²) in [4.78, 5) is 25.1. The molecule has 0 bridgehead atoms. The number of esters is 2. The van der Waals surface area contributed by atoms with E-state index in [2.05, 4.69) is 13.8 Å². The first-order valence-corrected chi connectivity index (χ1v) is 17.4. The van der Waals surface area contributed by atoms with Crippen molar-refractivity contribution in [3.8, 4) is 0 Å². The monoisotopic (exact) mass is 574 g/mol. The van der Waals surface area contributed by atoms with Crippen LogP contribution in [0.4, 0.5) is 0 Å². The van der Waals surface area contributed by atoms with E-state index >= 15 is 0 Å². The maximum atomic E-state index is 12.6. The van der Waals surface area contributed by atoms with E-state index in [-0.39, 0.29) is 11.9 Å². The maximum Gasteiger partial charge on any atom is 0.344 e. The molecule has 1 aromatic rings. The minimum Gasteiger partial charge on any atom is -0.462 e. The third-order valence-electron chi connectivity index (χ3n) is 7.93. The molecular weight excluding hydrogens is 510 g/mol. The van der Waals surface area contributed by atoms with Crippen LogP contribution >= 0.6 is 0 Å². The molecule has 0 N–H and O–H groups in total. The van der Waals surface area contributed by atoms with Gasteiger partial charge in [0.1, 0.15) is 18.2 Å². The van der Waals surface area contributed by atoms with Crippen molar-refractivity contribution in [1.82, 2.24) is 0 Å². The van der Waals surface area contributed by atoms with Crippen molar-refractivity contribution in [2.24, 2.45) is 7.05 Å². The first-order valence-electron chi connectivity index (χ1n) is 17.4. The molecule has 5 heteroatoms. The van der Waals surface area contributed by atoms with Crippen LogP contribution < -0.4 is 4.57 Å². The number of nitrogens with zero attached hydrogens (tertiary/aromatic N) is 1. The Kier molecular flexibility index (Phi) is 24.4. The third kappa shape index (κ3) is 21.5. The zero-order valence-electron chi connectivity index (χ0n) is 27.2. The zero-order valence-corrected chi connectivity index (χ0v) is 27.2. The van der Waals surface area contributed by atoms with Gasteiger partial charge < -0.3 is 9.47 Å². The van der Waals surface area contributed by atoms with E-state index in [1.54, 1.807) is 23.0 Å². The summed E-state index contributed by atoms with van der Waals surface area (Å²) in [6.07, 6.45) is 34.0. The molecule has 0 aliphatic heterocycles. The number of carbonyl (C=O) groups is 2. The molecule has 1 rings (SSSR count). The Labute approximate surface area is 253 Å². The van der Waals surface area contributed by atoms with Crippen molar-refractivity contribution in [3.05, 3.63) is 29.6 Å². The number of aryl methyl sites for hydroxylation is 1. The smallest absolute Gasteiger partial charge is 0.344 e. The standard InChI is InChI=1S/C36H64NO4/c1-4-6-8-10-12-14-16-18-20-22-24-26-28-40-35(38)33-30-34(32-37(3)31-33)36(39)41-29-27-25-23-21-19-17-15-13-11-9-7-5-2/h30-32H,4-29H2,1-3H3/q+1. The van der Waals surface area contributed by atoms with Crippen LogP contribution in [0.3, 0.4) is 0 Å². The molecule has 0 aromatic carbocycles. The molecule has 5 nitrogen and oxygen atoms in total. The summed E-state index contributed by atoms with van der Waals surface area (Å²) >= 11 is 0. The molecule has 0 aliphatic carbocycles. The third-order valence-corrected chi connectivity index (χ3v) is 7.93.